The first-order chi connectivity index (χ1) is 11.1. The number of rotatable bonds is 6. The summed E-state index contributed by atoms with van der Waals surface area (Å²) >= 11 is 0. The second-order valence-electron chi connectivity index (χ2n) is 5.27. The molecule has 0 aliphatic rings. The van der Waals surface area contributed by atoms with Crippen LogP contribution in [0.4, 0.5) is 0 Å². The smallest absolute Gasteiger partial charge is 0.333 e. The van der Waals surface area contributed by atoms with Crippen molar-refractivity contribution < 1.29 is 14.3 Å². The normalized spacial score (nSPS) is 11.6. The third-order valence-electron chi connectivity index (χ3n) is 3.68. The number of ether oxygens (including phenoxy) is 2. The predicted octanol–water partition coefficient (Wildman–Crippen LogP) is 4.62. The van der Waals surface area contributed by atoms with Crippen LogP contribution in [0.1, 0.15) is 31.9 Å². The maximum absolute atomic E-state index is 11.8. The standard InChI is InChI=1S/C20H22O3/c1-4-22-20(21)16(3)15(2)18-10-12-19(13-11-18)23-14-17-8-6-5-7-9-17/h5-13H,4,14H2,1-3H3/b16-15+. The maximum atomic E-state index is 11.8. The monoisotopic (exact) mass is 310 g/mol. The Morgan fingerprint density at radius 1 is 0.957 bits per heavy atom. The lowest BCUT2D eigenvalue weighted by Crippen LogP contribution is -2.06. The van der Waals surface area contributed by atoms with Gasteiger partial charge in [0.25, 0.3) is 0 Å². The van der Waals surface area contributed by atoms with E-state index in [1.165, 1.54) is 0 Å². The van der Waals surface area contributed by atoms with Gasteiger partial charge < -0.3 is 9.47 Å². The van der Waals surface area contributed by atoms with Crippen LogP contribution in [0.2, 0.25) is 0 Å². The lowest BCUT2D eigenvalue weighted by molar-refractivity contribution is -0.138. The number of hydrogen-bond acceptors (Lipinski definition) is 3. The highest BCUT2D eigenvalue weighted by Crippen LogP contribution is 2.22. The first-order valence-corrected chi connectivity index (χ1v) is 7.73. The van der Waals surface area contributed by atoms with Gasteiger partial charge in [-0.3, -0.25) is 0 Å². The highest BCUT2D eigenvalue weighted by molar-refractivity contribution is 5.96. The molecule has 120 valence electrons. The summed E-state index contributed by atoms with van der Waals surface area (Å²) in [5, 5.41) is 0. The third-order valence-corrected chi connectivity index (χ3v) is 3.68. The van der Waals surface area contributed by atoms with Crippen molar-refractivity contribution in [3.8, 4) is 5.75 Å². The maximum Gasteiger partial charge on any atom is 0.333 e. The summed E-state index contributed by atoms with van der Waals surface area (Å²) in [6.07, 6.45) is 0. The zero-order valence-corrected chi connectivity index (χ0v) is 13.8. The Balaban J connectivity index is 2.04. The summed E-state index contributed by atoms with van der Waals surface area (Å²) in [7, 11) is 0. The van der Waals surface area contributed by atoms with E-state index in [-0.39, 0.29) is 5.97 Å². The molecule has 0 radical (unpaired) electrons. The summed E-state index contributed by atoms with van der Waals surface area (Å²) < 4.78 is 10.8. The van der Waals surface area contributed by atoms with E-state index in [0.717, 1.165) is 22.4 Å². The molecule has 0 fully saturated rings. The molecule has 23 heavy (non-hydrogen) atoms. The highest BCUT2D eigenvalue weighted by Gasteiger charge is 2.10. The molecule has 3 heteroatoms. The predicted molar refractivity (Wildman–Crippen MR) is 92.1 cm³/mol. The van der Waals surface area contributed by atoms with Crippen LogP contribution in [0.25, 0.3) is 5.57 Å². The van der Waals surface area contributed by atoms with E-state index in [9.17, 15) is 4.79 Å². The summed E-state index contributed by atoms with van der Waals surface area (Å²) in [6, 6.07) is 17.8. The van der Waals surface area contributed by atoms with E-state index < -0.39 is 0 Å². The number of benzene rings is 2. The van der Waals surface area contributed by atoms with Gasteiger partial charge in [0.1, 0.15) is 12.4 Å². The van der Waals surface area contributed by atoms with Crippen LogP contribution in [0.3, 0.4) is 0 Å². The molecule has 0 spiro atoms. The molecule has 0 aliphatic carbocycles. The second kappa shape index (κ2) is 8.18. The van der Waals surface area contributed by atoms with Crippen molar-refractivity contribution in [3.05, 3.63) is 71.3 Å². The van der Waals surface area contributed by atoms with Crippen LogP contribution in [0.15, 0.2) is 60.2 Å². The van der Waals surface area contributed by atoms with Gasteiger partial charge in [0.2, 0.25) is 0 Å². The minimum Gasteiger partial charge on any atom is -0.489 e. The van der Waals surface area contributed by atoms with Crippen LogP contribution in [0.5, 0.6) is 5.75 Å². The molecule has 0 heterocycles. The quantitative estimate of drug-likeness (QED) is 0.577. The second-order valence-corrected chi connectivity index (χ2v) is 5.27. The van der Waals surface area contributed by atoms with Crippen LogP contribution in [0, 0.1) is 0 Å². The fourth-order valence-corrected chi connectivity index (χ4v) is 2.15. The van der Waals surface area contributed by atoms with Gasteiger partial charge in [-0.25, -0.2) is 4.79 Å². The van der Waals surface area contributed by atoms with Gasteiger partial charge in [-0.1, -0.05) is 42.5 Å². The lowest BCUT2D eigenvalue weighted by atomic mass is 10.0. The van der Waals surface area contributed by atoms with Gasteiger partial charge in [0, 0.05) is 5.57 Å². The molecule has 0 unspecified atom stereocenters. The van der Waals surface area contributed by atoms with Gasteiger partial charge in [-0.2, -0.15) is 0 Å². The molecule has 2 rings (SSSR count). The first kappa shape index (κ1) is 16.8. The zero-order chi connectivity index (χ0) is 16.7. The highest BCUT2D eigenvalue weighted by atomic mass is 16.5. The number of allylic oxidation sites excluding steroid dienone is 1. The molecule has 0 N–H and O–H groups in total. The summed E-state index contributed by atoms with van der Waals surface area (Å²) in [4.78, 5) is 11.8. The van der Waals surface area contributed by atoms with Crippen molar-refractivity contribution in [3.63, 3.8) is 0 Å². The van der Waals surface area contributed by atoms with Crippen molar-refractivity contribution in [1.82, 2.24) is 0 Å². The molecule has 0 amide bonds. The summed E-state index contributed by atoms with van der Waals surface area (Å²) in [5.74, 6) is 0.536. The molecular weight excluding hydrogens is 288 g/mol. The molecule has 0 atom stereocenters. The van der Waals surface area contributed by atoms with E-state index in [1.807, 2.05) is 61.5 Å². The molecule has 2 aromatic rings. The summed E-state index contributed by atoms with van der Waals surface area (Å²) in [5.41, 5.74) is 3.66. The van der Waals surface area contributed by atoms with Crippen molar-refractivity contribution in [1.29, 1.82) is 0 Å². The SMILES string of the molecule is CCOC(=O)/C(C)=C(\C)c1ccc(OCc2ccccc2)cc1. The molecular formula is C20H22O3. The first-order valence-electron chi connectivity index (χ1n) is 7.73. The van der Waals surface area contributed by atoms with Gasteiger partial charge in [-0.05, 0) is 49.6 Å². The van der Waals surface area contributed by atoms with Crippen molar-refractivity contribution >= 4 is 11.5 Å². The Kier molecular flexibility index (Phi) is 5.98. The van der Waals surface area contributed by atoms with Crippen LogP contribution >= 0.6 is 0 Å². The van der Waals surface area contributed by atoms with E-state index in [0.29, 0.717) is 18.8 Å². The zero-order valence-electron chi connectivity index (χ0n) is 13.8. The Hall–Kier alpha value is -2.55. The van der Waals surface area contributed by atoms with Crippen molar-refractivity contribution in [2.75, 3.05) is 6.61 Å². The van der Waals surface area contributed by atoms with Gasteiger partial charge in [0.05, 0.1) is 6.61 Å². The summed E-state index contributed by atoms with van der Waals surface area (Å²) in [6.45, 7) is 6.44. The Labute approximate surface area is 137 Å². The van der Waals surface area contributed by atoms with Crippen molar-refractivity contribution in [2.24, 2.45) is 0 Å². The van der Waals surface area contributed by atoms with Gasteiger partial charge >= 0.3 is 5.97 Å². The molecule has 2 aromatic carbocycles. The van der Waals surface area contributed by atoms with Gasteiger partial charge in [0.15, 0.2) is 0 Å². The molecule has 0 saturated carbocycles. The van der Waals surface area contributed by atoms with Crippen molar-refractivity contribution in [2.45, 2.75) is 27.4 Å². The van der Waals surface area contributed by atoms with E-state index in [2.05, 4.69) is 0 Å². The minimum atomic E-state index is -0.269. The fraction of sp³-hybridized carbons (Fsp3) is 0.250. The Morgan fingerprint density at radius 2 is 1.61 bits per heavy atom. The largest absolute Gasteiger partial charge is 0.489 e. The average molecular weight is 310 g/mol. The molecule has 0 bridgehead atoms. The molecule has 0 saturated heterocycles. The van der Waals surface area contributed by atoms with Crippen LogP contribution in [-0.2, 0) is 16.1 Å². The number of hydrogen-bond donors (Lipinski definition) is 0. The van der Waals surface area contributed by atoms with Gasteiger partial charge in [-0.15, -0.1) is 0 Å². The molecule has 0 aliphatic heterocycles. The third kappa shape index (κ3) is 4.71. The Bertz CT molecular complexity index is 670. The minimum absolute atomic E-state index is 0.269. The van der Waals surface area contributed by atoms with E-state index in [4.69, 9.17) is 9.47 Å². The van der Waals surface area contributed by atoms with Crippen LogP contribution in [-0.4, -0.2) is 12.6 Å². The topological polar surface area (TPSA) is 35.5 Å². The molecule has 3 nitrogen and oxygen atoms in total. The number of esters is 1. The average Bonchev–Trinajstić information content (AvgIpc) is 2.60. The fourth-order valence-electron chi connectivity index (χ4n) is 2.15. The number of carbonyl (C=O) groups excluding carboxylic acids is 1. The van der Waals surface area contributed by atoms with E-state index >= 15 is 0 Å². The Morgan fingerprint density at radius 3 is 2.22 bits per heavy atom. The van der Waals surface area contributed by atoms with E-state index in [1.54, 1.807) is 13.8 Å². The molecule has 0 aromatic heterocycles. The lowest BCUT2D eigenvalue weighted by Gasteiger charge is -2.10. The van der Waals surface area contributed by atoms with Crippen LogP contribution < -0.4 is 4.74 Å². The number of carbonyl (C=O) groups is 1.